The van der Waals surface area contributed by atoms with Crippen LogP contribution < -0.4 is 5.32 Å². The minimum Gasteiger partial charge on any atom is -0.378 e. The van der Waals surface area contributed by atoms with Crippen molar-refractivity contribution in [3.05, 3.63) is 23.9 Å². The summed E-state index contributed by atoms with van der Waals surface area (Å²) in [4.78, 5) is 3.65. The highest BCUT2D eigenvalue weighted by Gasteiger charge is 2.35. The highest BCUT2D eigenvalue weighted by molar-refractivity contribution is 5.36. The molecule has 0 saturated carbocycles. The Hall–Kier alpha value is -1.27. The molecule has 1 aliphatic heterocycles. The number of halogens is 2. The van der Waals surface area contributed by atoms with Crippen LogP contribution in [0.5, 0.6) is 0 Å². The SMILES string of the molecule is COC1(CNc2ncc(F)cc2F)CCOC1. The maximum absolute atomic E-state index is 13.3. The van der Waals surface area contributed by atoms with E-state index in [1.54, 1.807) is 7.11 Å². The maximum atomic E-state index is 13.3. The first-order valence-corrected chi connectivity index (χ1v) is 5.33. The van der Waals surface area contributed by atoms with Crippen molar-refractivity contribution < 1.29 is 18.3 Å². The molecule has 0 radical (unpaired) electrons. The molecule has 0 aromatic carbocycles. The van der Waals surface area contributed by atoms with Gasteiger partial charge in [-0.2, -0.15) is 0 Å². The number of hydrogen-bond donors (Lipinski definition) is 1. The number of nitrogens with one attached hydrogen (secondary N) is 1. The van der Waals surface area contributed by atoms with Crippen LogP contribution in [0.15, 0.2) is 12.3 Å². The smallest absolute Gasteiger partial charge is 0.168 e. The molecule has 6 heteroatoms. The Morgan fingerprint density at radius 2 is 2.41 bits per heavy atom. The molecule has 94 valence electrons. The van der Waals surface area contributed by atoms with Crippen LogP contribution in [0.4, 0.5) is 14.6 Å². The molecule has 1 fully saturated rings. The van der Waals surface area contributed by atoms with Crippen LogP contribution in [-0.2, 0) is 9.47 Å². The van der Waals surface area contributed by atoms with Gasteiger partial charge in [0.15, 0.2) is 11.6 Å². The van der Waals surface area contributed by atoms with Gasteiger partial charge in [0.2, 0.25) is 0 Å². The molecule has 1 unspecified atom stereocenters. The Labute approximate surface area is 97.9 Å². The lowest BCUT2D eigenvalue weighted by Crippen LogP contribution is -2.39. The van der Waals surface area contributed by atoms with Crippen molar-refractivity contribution in [3.8, 4) is 0 Å². The standard InChI is InChI=1S/C11H14F2N2O2/c1-16-11(2-3-17-7-11)6-15-10-9(13)4-8(12)5-14-10/h4-5H,2-3,6-7H2,1H3,(H,14,15). The molecule has 17 heavy (non-hydrogen) atoms. The zero-order chi connectivity index (χ0) is 12.3. The van der Waals surface area contributed by atoms with Gasteiger partial charge in [0.05, 0.1) is 12.8 Å². The molecule has 1 aromatic rings. The molecule has 2 heterocycles. The maximum Gasteiger partial charge on any atom is 0.168 e. The van der Waals surface area contributed by atoms with Crippen LogP contribution in [0.2, 0.25) is 0 Å². The molecule has 0 amide bonds. The third-order valence-electron chi connectivity index (χ3n) is 2.89. The zero-order valence-corrected chi connectivity index (χ0v) is 9.50. The van der Waals surface area contributed by atoms with E-state index in [1.807, 2.05) is 0 Å². The summed E-state index contributed by atoms with van der Waals surface area (Å²) in [6.45, 7) is 1.45. The largest absolute Gasteiger partial charge is 0.378 e. The van der Waals surface area contributed by atoms with E-state index < -0.39 is 17.2 Å². The van der Waals surface area contributed by atoms with Crippen LogP contribution in [0.1, 0.15) is 6.42 Å². The molecule has 2 rings (SSSR count). The minimum atomic E-state index is -0.713. The monoisotopic (exact) mass is 244 g/mol. The summed E-state index contributed by atoms with van der Waals surface area (Å²) in [5.74, 6) is -1.39. The highest BCUT2D eigenvalue weighted by atomic mass is 19.1. The van der Waals surface area contributed by atoms with Crippen molar-refractivity contribution >= 4 is 5.82 Å². The summed E-state index contributed by atoms with van der Waals surface area (Å²) in [7, 11) is 1.59. The number of anilines is 1. The quantitative estimate of drug-likeness (QED) is 0.873. The van der Waals surface area contributed by atoms with Crippen molar-refractivity contribution in [2.75, 3.05) is 32.2 Å². The van der Waals surface area contributed by atoms with E-state index in [2.05, 4.69) is 10.3 Å². The van der Waals surface area contributed by atoms with Gasteiger partial charge in [-0.05, 0) is 0 Å². The molecule has 0 spiro atoms. The topological polar surface area (TPSA) is 43.4 Å². The Balaban J connectivity index is 2.01. The van der Waals surface area contributed by atoms with E-state index in [4.69, 9.17) is 9.47 Å². The first-order valence-electron chi connectivity index (χ1n) is 5.33. The number of aromatic nitrogens is 1. The van der Waals surface area contributed by atoms with Crippen molar-refractivity contribution in [1.82, 2.24) is 4.98 Å². The Bertz CT molecular complexity index is 395. The Morgan fingerprint density at radius 3 is 3.00 bits per heavy atom. The number of pyridine rings is 1. The second kappa shape index (κ2) is 4.93. The van der Waals surface area contributed by atoms with Crippen molar-refractivity contribution in [1.29, 1.82) is 0 Å². The molecule has 1 aromatic heterocycles. The van der Waals surface area contributed by atoms with Gasteiger partial charge in [-0.1, -0.05) is 0 Å². The second-order valence-electron chi connectivity index (χ2n) is 4.03. The summed E-state index contributed by atoms with van der Waals surface area (Å²) < 4.78 is 36.6. The van der Waals surface area contributed by atoms with E-state index in [9.17, 15) is 8.78 Å². The third kappa shape index (κ3) is 2.70. The third-order valence-corrected chi connectivity index (χ3v) is 2.89. The van der Waals surface area contributed by atoms with Crippen LogP contribution in [-0.4, -0.2) is 37.5 Å². The fourth-order valence-corrected chi connectivity index (χ4v) is 1.75. The molecule has 0 bridgehead atoms. The van der Waals surface area contributed by atoms with Gasteiger partial charge < -0.3 is 14.8 Å². The fourth-order valence-electron chi connectivity index (χ4n) is 1.75. The summed E-state index contributed by atoms with van der Waals surface area (Å²) in [6, 6.07) is 0.792. The van der Waals surface area contributed by atoms with Gasteiger partial charge in [0.25, 0.3) is 0 Å². The van der Waals surface area contributed by atoms with Gasteiger partial charge >= 0.3 is 0 Å². The summed E-state index contributed by atoms with van der Waals surface area (Å²) in [5.41, 5.74) is -0.456. The van der Waals surface area contributed by atoms with E-state index in [1.165, 1.54) is 0 Å². The molecule has 0 aliphatic carbocycles. The number of rotatable bonds is 4. The van der Waals surface area contributed by atoms with E-state index >= 15 is 0 Å². The second-order valence-corrected chi connectivity index (χ2v) is 4.03. The first kappa shape index (κ1) is 12.2. The Kier molecular flexibility index (Phi) is 3.54. The molecule has 1 N–H and O–H groups in total. The number of nitrogens with zero attached hydrogens (tertiary/aromatic N) is 1. The van der Waals surface area contributed by atoms with Crippen LogP contribution in [0.3, 0.4) is 0 Å². The number of methoxy groups -OCH3 is 1. The lowest BCUT2D eigenvalue weighted by Gasteiger charge is -2.26. The van der Waals surface area contributed by atoms with E-state index in [-0.39, 0.29) is 5.82 Å². The molecule has 4 nitrogen and oxygen atoms in total. The van der Waals surface area contributed by atoms with Crippen molar-refractivity contribution in [2.24, 2.45) is 0 Å². The van der Waals surface area contributed by atoms with Crippen molar-refractivity contribution in [3.63, 3.8) is 0 Å². The first-order chi connectivity index (χ1) is 8.15. The molecule has 1 saturated heterocycles. The average molecular weight is 244 g/mol. The normalized spacial score (nSPS) is 23.9. The molecule has 1 atom stereocenters. The van der Waals surface area contributed by atoms with Crippen LogP contribution in [0, 0.1) is 11.6 Å². The predicted octanol–water partition coefficient (Wildman–Crippen LogP) is 1.58. The van der Waals surface area contributed by atoms with E-state index in [0.717, 1.165) is 18.7 Å². The lowest BCUT2D eigenvalue weighted by atomic mass is 10.0. The summed E-state index contributed by atoms with van der Waals surface area (Å²) in [5, 5.41) is 2.82. The fraction of sp³-hybridized carbons (Fsp3) is 0.545. The summed E-state index contributed by atoms with van der Waals surface area (Å²) >= 11 is 0. The highest BCUT2D eigenvalue weighted by Crippen LogP contribution is 2.23. The van der Waals surface area contributed by atoms with Crippen LogP contribution >= 0.6 is 0 Å². The van der Waals surface area contributed by atoms with Crippen molar-refractivity contribution in [2.45, 2.75) is 12.0 Å². The van der Waals surface area contributed by atoms with Gasteiger partial charge in [-0.3, -0.25) is 0 Å². The number of hydrogen-bond acceptors (Lipinski definition) is 4. The minimum absolute atomic E-state index is 0.0229. The lowest BCUT2D eigenvalue weighted by molar-refractivity contribution is -0.00629. The molecular weight excluding hydrogens is 230 g/mol. The van der Waals surface area contributed by atoms with Gasteiger partial charge in [0.1, 0.15) is 11.4 Å². The molecular formula is C11H14F2N2O2. The zero-order valence-electron chi connectivity index (χ0n) is 9.50. The average Bonchev–Trinajstić information content (AvgIpc) is 2.77. The van der Waals surface area contributed by atoms with Gasteiger partial charge in [0, 0.05) is 32.7 Å². The molecule has 1 aliphatic rings. The van der Waals surface area contributed by atoms with Gasteiger partial charge in [-0.25, -0.2) is 13.8 Å². The van der Waals surface area contributed by atoms with Crippen LogP contribution in [0.25, 0.3) is 0 Å². The van der Waals surface area contributed by atoms with E-state index in [0.29, 0.717) is 19.8 Å². The summed E-state index contributed by atoms with van der Waals surface area (Å²) in [6.07, 6.45) is 1.70. The Morgan fingerprint density at radius 1 is 1.59 bits per heavy atom. The van der Waals surface area contributed by atoms with Gasteiger partial charge in [-0.15, -0.1) is 0 Å². The number of ether oxygens (including phenoxy) is 2. The predicted molar refractivity (Wildman–Crippen MR) is 57.8 cm³/mol.